The summed E-state index contributed by atoms with van der Waals surface area (Å²) >= 11 is 0. The Morgan fingerprint density at radius 1 is 1.19 bits per heavy atom. The summed E-state index contributed by atoms with van der Waals surface area (Å²) in [6, 6.07) is 4.79. The van der Waals surface area contributed by atoms with Crippen molar-refractivity contribution in [1.82, 2.24) is 0 Å². The van der Waals surface area contributed by atoms with Crippen molar-refractivity contribution in [1.29, 1.82) is 0 Å². The van der Waals surface area contributed by atoms with Crippen molar-refractivity contribution in [2.24, 2.45) is 0 Å². The zero-order valence-electron chi connectivity index (χ0n) is 9.80. The molecule has 3 heteroatoms. The van der Waals surface area contributed by atoms with Gasteiger partial charge in [0.1, 0.15) is 5.82 Å². The molecular weight excluding hydrogens is 205 g/mol. The Kier molecular flexibility index (Phi) is 5.86. The van der Waals surface area contributed by atoms with Gasteiger partial charge in [-0.2, -0.15) is 0 Å². The van der Waals surface area contributed by atoms with Crippen molar-refractivity contribution in [3.8, 4) is 0 Å². The van der Waals surface area contributed by atoms with Gasteiger partial charge in [0.15, 0.2) is 0 Å². The van der Waals surface area contributed by atoms with E-state index >= 15 is 0 Å². The first-order chi connectivity index (χ1) is 7.74. The number of benzene rings is 1. The molecule has 16 heavy (non-hydrogen) atoms. The van der Waals surface area contributed by atoms with Crippen LogP contribution in [0.2, 0.25) is 0 Å². The number of rotatable bonds is 7. The first-order valence-electron chi connectivity index (χ1n) is 5.85. The average Bonchev–Trinajstić information content (AvgIpc) is 2.26. The molecule has 0 bridgehead atoms. The SMILES string of the molecule is Cc1cc(F)ccc1NCCCCCCO. The van der Waals surface area contributed by atoms with Gasteiger partial charge in [-0.05, 0) is 43.5 Å². The normalized spacial score (nSPS) is 10.4. The topological polar surface area (TPSA) is 32.3 Å². The van der Waals surface area contributed by atoms with E-state index in [9.17, 15) is 4.39 Å². The fourth-order valence-electron chi connectivity index (χ4n) is 1.64. The third kappa shape index (κ3) is 4.62. The lowest BCUT2D eigenvalue weighted by Gasteiger charge is -2.09. The molecule has 0 fully saturated rings. The van der Waals surface area contributed by atoms with Crippen molar-refractivity contribution in [2.75, 3.05) is 18.5 Å². The highest BCUT2D eigenvalue weighted by Crippen LogP contribution is 2.15. The van der Waals surface area contributed by atoms with Gasteiger partial charge in [-0.25, -0.2) is 4.39 Å². The van der Waals surface area contributed by atoms with Crippen LogP contribution in [0.25, 0.3) is 0 Å². The van der Waals surface area contributed by atoms with E-state index in [0.717, 1.165) is 43.5 Å². The lowest BCUT2D eigenvalue weighted by molar-refractivity contribution is 0.283. The predicted molar refractivity (Wildman–Crippen MR) is 65.2 cm³/mol. The van der Waals surface area contributed by atoms with Crippen molar-refractivity contribution < 1.29 is 9.50 Å². The number of halogens is 1. The molecule has 0 saturated heterocycles. The van der Waals surface area contributed by atoms with Crippen LogP contribution in [0, 0.1) is 12.7 Å². The highest BCUT2D eigenvalue weighted by atomic mass is 19.1. The smallest absolute Gasteiger partial charge is 0.123 e. The van der Waals surface area contributed by atoms with Gasteiger partial charge in [0, 0.05) is 18.8 Å². The number of aryl methyl sites for hydroxylation is 1. The molecule has 0 radical (unpaired) electrons. The van der Waals surface area contributed by atoms with Crippen LogP contribution < -0.4 is 5.32 Å². The largest absolute Gasteiger partial charge is 0.396 e. The maximum atomic E-state index is 12.8. The van der Waals surface area contributed by atoms with E-state index in [2.05, 4.69) is 5.32 Å². The quantitative estimate of drug-likeness (QED) is 0.699. The lowest BCUT2D eigenvalue weighted by atomic mass is 10.1. The molecular formula is C13H20FNO. The number of hydrogen-bond donors (Lipinski definition) is 2. The van der Waals surface area contributed by atoms with Crippen molar-refractivity contribution in [3.05, 3.63) is 29.6 Å². The Bertz CT molecular complexity index is 315. The minimum absolute atomic E-state index is 0.189. The van der Waals surface area contributed by atoms with Crippen LogP contribution in [0.5, 0.6) is 0 Å². The zero-order chi connectivity index (χ0) is 11.8. The summed E-state index contributed by atoms with van der Waals surface area (Å²) < 4.78 is 12.8. The second kappa shape index (κ2) is 7.23. The number of aliphatic hydroxyl groups is 1. The maximum Gasteiger partial charge on any atom is 0.123 e. The van der Waals surface area contributed by atoms with Gasteiger partial charge in [-0.3, -0.25) is 0 Å². The minimum Gasteiger partial charge on any atom is -0.396 e. The van der Waals surface area contributed by atoms with Crippen molar-refractivity contribution in [3.63, 3.8) is 0 Å². The molecule has 0 saturated carbocycles. The van der Waals surface area contributed by atoms with E-state index in [1.807, 2.05) is 6.92 Å². The molecule has 0 aromatic heterocycles. The van der Waals surface area contributed by atoms with E-state index < -0.39 is 0 Å². The molecule has 2 nitrogen and oxygen atoms in total. The van der Waals surface area contributed by atoms with Gasteiger partial charge < -0.3 is 10.4 Å². The summed E-state index contributed by atoms with van der Waals surface area (Å²) in [6.45, 7) is 3.08. The fraction of sp³-hybridized carbons (Fsp3) is 0.538. The molecule has 0 aliphatic heterocycles. The van der Waals surface area contributed by atoms with Gasteiger partial charge in [0.05, 0.1) is 0 Å². The molecule has 0 amide bonds. The van der Waals surface area contributed by atoms with Crippen molar-refractivity contribution in [2.45, 2.75) is 32.6 Å². The number of nitrogens with one attached hydrogen (secondary N) is 1. The van der Waals surface area contributed by atoms with Crippen LogP contribution in [0.3, 0.4) is 0 Å². The Morgan fingerprint density at radius 3 is 2.62 bits per heavy atom. The standard InChI is InChI=1S/C13H20FNO/c1-11-10-12(14)6-7-13(11)15-8-4-2-3-5-9-16/h6-7,10,15-16H,2-5,8-9H2,1H3. The first-order valence-corrected chi connectivity index (χ1v) is 5.85. The van der Waals surface area contributed by atoms with E-state index in [1.54, 1.807) is 6.07 Å². The summed E-state index contributed by atoms with van der Waals surface area (Å²) in [5.74, 6) is -0.189. The van der Waals surface area contributed by atoms with Gasteiger partial charge in [0.2, 0.25) is 0 Å². The van der Waals surface area contributed by atoms with E-state index in [1.165, 1.54) is 12.1 Å². The molecule has 0 spiro atoms. The third-order valence-electron chi connectivity index (χ3n) is 2.59. The number of anilines is 1. The molecule has 0 heterocycles. The van der Waals surface area contributed by atoms with Gasteiger partial charge in [0.25, 0.3) is 0 Å². The molecule has 0 aliphatic rings. The molecule has 0 aliphatic carbocycles. The van der Waals surface area contributed by atoms with E-state index in [-0.39, 0.29) is 12.4 Å². The van der Waals surface area contributed by atoms with Crippen LogP contribution >= 0.6 is 0 Å². The van der Waals surface area contributed by atoms with Crippen LogP contribution in [0.15, 0.2) is 18.2 Å². The number of hydrogen-bond acceptors (Lipinski definition) is 2. The van der Waals surface area contributed by atoms with Crippen LogP contribution in [-0.4, -0.2) is 18.3 Å². The first kappa shape index (κ1) is 13.0. The molecule has 0 unspecified atom stereocenters. The number of aliphatic hydroxyl groups excluding tert-OH is 1. The molecule has 1 rings (SSSR count). The lowest BCUT2D eigenvalue weighted by Crippen LogP contribution is -2.03. The van der Waals surface area contributed by atoms with E-state index in [4.69, 9.17) is 5.11 Å². The number of unbranched alkanes of at least 4 members (excludes halogenated alkanes) is 3. The summed E-state index contributed by atoms with van der Waals surface area (Å²) in [4.78, 5) is 0. The molecule has 0 atom stereocenters. The fourth-order valence-corrected chi connectivity index (χ4v) is 1.64. The second-order valence-electron chi connectivity index (χ2n) is 4.02. The summed E-state index contributed by atoms with van der Waals surface area (Å²) in [5.41, 5.74) is 1.94. The van der Waals surface area contributed by atoms with Crippen LogP contribution in [-0.2, 0) is 0 Å². The van der Waals surface area contributed by atoms with Gasteiger partial charge >= 0.3 is 0 Å². The summed E-state index contributed by atoms with van der Waals surface area (Å²) in [5, 5.41) is 11.9. The average molecular weight is 225 g/mol. The minimum atomic E-state index is -0.189. The summed E-state index contributed by atoms with van der Waals surface area (Å²) in [6.07, 6.45) is 4.15. The Hall–Kier alpha value is -1.09. The third-order valence-corrected chi connectivity index (χ3v) is 2.59. The molecule has 1 aromatic rings. The molecule has 1 aromatic carbocycles. The van der Waals surface area contributed by atoms with Crippen LogP contribution in [0.4, 0.5) is 10.1 Å². The second-order valence-corrected chi connectivity index (χ2v) is 4.02. The maximum absolute atomic E-state index is 12.8. The Labute approximate surface area is 96.5 Å². The van der Waals surface area contributed by atoms with Crippen molar-refractivity contribution >= 4 is 5.69 Å². The van der Waals surface area contributed by atoms with Gasteiger partial charge in [-0.15, -0.1) is 0 Å². The van der Waals surface area contributed by atoms with Gasteiger partial charge in [-0.1, -0.05) is 12.8 Å². The zero-order valence-corrected chi connectivity index (χ0v) is 9.80. The highest BCUT2D eigenvalue weighted by molar-refractivity contribution is 5.50. The molecule has 90 valence electrons. The monoisotopic (exact) mass is 225 g/mol. The summed E-state index contributed by atoms with van der Waals surface area (Å²) in [7, 11) is 0. The molecule has 2 N–H and O–H groups in total. The van der Waals surface area contributed by atoms with E-state index in [0.29, 0.717) is 0 Å². The Balaban J connectivity index is 2.21. The van der Waals surface area contributed by atoms with Crippen LogP contribution in [0.1, 0.15) is 31.2 Å². The Morgan fingerprint density at radius 2 is 1.94 bits per heavy atom. The predicted octanol–water partition coefficient (Wildman–Crippen LogP) is 3.10. The highest BCUT2D eigenvalue weighted by Gasteiger charge is 1.98.